The van der Waals surface area contributed by atoms with Crippen LogP contribution in [-0.4, -0.2) is 29.6 Å². The first-order valence-corrected chi connectivity index (χ1v) is 8.85. The number of thiophene rings is 1. The number of thioether (sulfide) groups is 2. The standard InChI is InChI=1S/C10H14BrNS3/c1-12-10(7-4-14-5-8(7)11)9-6-13-2-3-15-9/h4-5,9-10,12H,2-3,6H2,1H3. The van der Waals surface area contributed by atoms with E-state index in [2.05, 4.69) is 62.6 Å². The molecular weight excluding hydrogens is 310 g/mol. The Bertz CT molecular complexity index is 309. The van der Waals surface area contributed by atoms with E-state index in [1.807, 2.05) is 0 Å². The Balaban J connectivity index is 2.12. The van der Waals surface area contributed by atoms with E-state index in [1.165, 1.54) is 27.3 Å². The fourth-order valence-corrected chi connectivity index (χ4v) is 6.23. The average Bonchev–Trinajstić information content (AvgIpc) is 2.68. The quantitative estimate of drug-likeness (QED) is 0.912. The van der Waals surface area contributed by atoms with Gasteiger partial charge in [0.05, 0.1) is 0 Å². The molecule has 1 N–H and O–H groups in total. The van der Waals surface area contributed by atoms with Gasteiger partial charge in [0.1, 0.15) is 0 Å². The molecule has 1 saturated heterocycles. The molecule has 1 aliphatic rings. The summed E-state index contributed by atoms with van der Waals surface area (Å²) in [5.41, 5.74) is 1.42. The summed E-state index contributed by atoms with van der Waals surface area (Å²) in [5, 5.41) is 8.59. The Hall–Kier alpha value is 0.840. The maximum atomic E-state index is 3.63. The van der Waals surface area contributed by atoms with Gasteiger partial charge in [0.25, 0.3) is 0 Å². The smallest absolute Gasteiger partial charge is 0.0465 e. The van der Waals surface area contributed by atoms with E-state index in [4.69, 9.17) is 0 Å². The van der Waals surface area contributed by atoms with Crippen LogP contribution >= 0.6 is 50.8 Å². The van der Waals surface area contributed by atoms with Crippen LogP contribution in [0.5, 0.6) is 0 Å². The van der Waals surface area contributed by atoms with Crippen molar-refractivity contribution in [1.82, 2.24) is 5.32 Å². The summed E-state index contributed by atoms with van der Waals surface area (Å²) in [5.74, 6) is 3.86. The summed E-state index contributed by atoms with van der Waals surface area (Å²) in [6, 6.07) is 0.489. The first-order valence-electron chi connectivity index (χ1n) is 4.91. The minimum absolute atomic E-state index is 0.489. The second kappa shape index (κ2) is 5.96. The van der Waals surface area contributed by atoms with Gasteiger partial charge in [-0.1, -0.05) is 0 Å². The van der Waals surface area contributed by atoms with E-state index in [9.17, 15) is 0 Å². The molecule has 1 nitrogen and oxygen atoms in total. The van der Waals surface area contributed by atoms with Crippen LogP contribution in [0, 0.1) is 0 Å². The third-order valence-corrected chi connectivity index (χ3v) is 7.12. The summed E-state index contributed by atoms with van der Waals surface area (Å²) in [6.45, 7) is 0. The van der Waals surface area contributed by atoms with E-state index >= 15 is 0 Å². The fraction of sp³-hybridized carbons (Fsp3) is 0.600. The van der Waals surface area contributed by atoms with E-state index < -0.39 is 0 Å². The predicted octanol–water partition coefficient (Wildman–Crippen LogP) is 3.62. The third-order valence-electron chi connectivity index (χ3n) is 2.50. The molecule has 1 aromatic rings. The molecule has 0 bridgehead atoms. The van der Waals surface area contributed by atoms with Crippen LogP contribution in [0.15, 0.2) is 15.2 Å². The van der Waals surface area contributed by atoms with Crippen LogP contribution in [0.2, 0.25) is 0 Å². The van der Waals surface area contributed by atoms with Crippen molar-refractivity contribution >= 4 is 50.8 Å². The van der Waals surface area contributed by atoms with Gasteiger partial charge in [-0.25, -0.2) is 0 Å². The van der Waals surface area contributed by atoms with E-state index in [-0.39, 0.29) is 0 Å². The fourth-order valence-electron chi connectivity index (χ4n) is 1.75. The first kappa shape index (κ1) is 12.3. The second-order valence-corrected chi connectivity index (χ2v) is 7.52. The van der Waals surface area contributed by atoms with Crippen molar-refractivity contribution in [3.8, 4) is 0 Å². The third kappa shape index (κ3) is 2.94. The van der Waals surface area contributed by atoms with Crippen molar-refractivity contribution in [3.63, 3.8) is 0 Å². The van der Waals surface area contributed by atoms with E-state index in [0.717, 1.165) is 0 Å². The molecule has 1 aliphatic heterocycles. The van der Waals surface area contributed by atoms with E-state index in [0.29, 0.717) is 11.3 Å². The molecule has 0 aromatic carbocycles. The van der Waals surface area contributed by atoms with Gasteiger partial charge in [0.2, 0.25) is 0 Å². The summed E-state index contributed by atoms with van der Waals surface area (Å²) in [6.07, 6.45) is 0. The molecule has 5 heteroatoms. The Kier molecular flexibility index (Phi) is 4.89. The Morgan fingerprint density at radius 3 is 2.87 bits per heavy atom. The molecule has 0 aliphatic carbocycles. The van der Waals surface area contributed by atoms with Crippen LogP contribution in [0.3, 0.4) is 0 Å². The van der Waals surface area contributed by atoms with Crippen LogP contribution in [0.25, 0.3) is 0 Å². The van der Waals surface area contributed by atoms with Crippen molar-refractivity contribution in [2.75, 3.05) is 24.3 Å². The summed E-state index contributed by atoms with van der Waals surface area (Å²) in [4.78, 5) is 0. The maximum Gasteiger partial charge on any atom is 0.0465 e. The van der Waals surface area contributed by atoms with Crippen molar-refractivity contribution in [3.05, 3.63) is 20.8 Å². The lowest BCUT2D eigenvalue weighted by Gasteiger charge is -2.29. The van der Waals surface area contributed by atoms with Crippen LogP contribution in [-0.2, 0) is 0 Å². The number of halogens is 1. The van der Waals surface area contributed by atoms with Gasteiger partial charge < -0.3 is 5.32 Å². The van der Waals surface area contributed by atoms with Crippen LogP contribution in [0.1, 0.15) is 11.6 Å². The highest BCUT2D eigenvalue weighted by atomic mass is 79.9. The van der Waals surface area contributed by atoms with Gasteiger partial charge in [-0.3, -0.25) is 0 Å². The van der Waals surface area contributed by atoms with E-state index in [1.54, 1.807) is 11.3 Å². The zero-order valence-corrected chi connectivity index (χ0v) is 12.6. The molecule has 2 heterocycles. The minimum atomic E-state index is 0.489. The van der Waals surface area contributed by atoms with Crippen molar-refractivity contribution in [2.24, 2.45) is 0 Å². The number of hydrogen-bond acceptors (Lipinski definition) is 4. The highest BCUT2D eigenvalue weighted by Crippen LogP contribution is 2.37. The van der Waals surface area contributed by atoms with Gasteiger partial charge in [-0.05, 0) is 33.9 Å². The molecule has 84 valence electrons. The first-order chi connectivity index (χ1) is 7.33. The van der Waals surface area contributed by atoms with Gasteiger partial charge in [-0.15, -0.1) is 0 Å². The van der Waals surface area contributed by atoms with Gasteiger partial charge in [0, 0.05) is 38.4 Å². The lowest BCUT2D eigenvalue weighted by molar-refractivity contribution is 0.592. The number of hydrogen-bond donors (Lipinski definition) is 1. The number of nitrogens with one attached hydrogen (secondary N) is 1. The largest absolute Gasteiger partial charge is 0.312 e. The van der Waals surface area contributed by atoms with Crippen molar-refractivity contribution in [2.45, 2.75) is 11.3 Å². The molecule has 2 unspecified atom stereocenters. The lowest BCUT2D eigenvalue weighted by Crippen LogP contribution is -2.31. The molecule has 2 rings (SSSR count). The Labute approximate surface area is 112 Å². The summed E-state index contributed by atoms with van der Waals surface area (Å²) < 4.78 is 1.25. The minimum Gasteiger partial charge on any atom is -0.312 e. The molecular formula is C10H14BrNS3. The monoisotopic (exact) mass is 323 g/mol. The SMILES string of the molecule is CNC(c1cscc1Br)C1CSCCS1. The Morgan fingerprint density at radius 1 is 1.47 bits per heavy atom. The maximum absolute atomic E-state index is 3.63. The molecule has 15 heavy (non-hydrogen) atoms. The van der Waals surface area contributed by atoms with Crippen molar-refractivity contribution in [1.29, 1.82) is 0 Å². The zero-order valence-electron chi connectivity index (χ0n) is 8.53. The number of rotatable bonds is 3. The second-order valence-electron chi connectivity index (χ2n) is 3.43. The van der Waals surface area contributed by atoms with Crippen molar-refractivity contribution < 1.29 is 0 Å². The molecule has 1 aromatic heterocycles. The molecule has 1 fully saturated rings. The van der Waals surface area contributed by atoms with Gasteiger partial charge in [0.15, 0.2) is 0 Å². The normalized spacial score (nSPS) is 24.0. The zero-order chi connectivity index (χ0) is 10.7. The Morgan fingerprint density at radius 2 is 2.33 bits per heavy atom. The highest BCUT2D eigenvalue weighted by molar-refractivity contribution is 9.10. The lowest BCUT2D eigenvalue weighted by atomic mass is 10.1. The van der Waals surface area contributed by atoms with Crippen LogP contribution < -0.4 is 5.32 Å². The van der Waals surface area contributed by atoms with Gasteiger partial charge in [-0.2, -0.15) is 34.9 Å². The molecule has 0 amide bonds. The molecule has 0 radical (unpaired) electrons. The molecule has 2 atom stereocenters. The average molecular weight is 324 g/mol. The summed E-state index contributed by atoms with van der Waals surface area (Å²) in [7, 11) is 2.06. The molecule has 0 spiro atoms. The summed E-state index contributed by atoms with van der Waals surface area (Å²) >= 11 is 9.58. The highest BCUT2D eigenvalue weighted by Gasteiger charge is 2.26. The van der Waals surface area contributed by atoms with Crippen LogP contribution in [0.4, 0.5) is 0 Å². The topological polar surface area (TPSA) is 12.0 Å². The van der Waals surface area contributed by atoms with Gasteiger partial charge >= 0.3 is 0 Å². The predicted molar refractivity (Wildman–Crippen MR) is 77.4 cm³/mol. The molecule has 0 saturated carbocycles.